The van der Waals surface area contributed by atoms with Gasteiger partial charge >= 0.3 is 5.97 Å². The van der Waals surface area contributed by atoms with Crippen molar-refractivity contribution in [3.8, 4) is 0 Å². The Morgan fingerprint density at radius 2 is 1.06 bits per heavy atom. The van der Waals surface area contributed by atoms with Gasteiger partial charge in [-0.05, 0) is 105 Å². The minimum Gasteiger partial charge on any atom is -0.481 e. The van der Waals surface area contributed by atoms with Crippen LogP contribution in [-0.4, -0.2) is 177 Å². The van der Waals surface area contributed by atoms with Crippen molar-refractivity contribution in [3.05, 3.63) is 108 Å². The molecule has 26 nitrogen and oxygen atoms in total. The third-order valence-corrected chi connectivity index (χ3v) is 19.7. The maximum atomic E-state index is 12.9. The lowest BCUT2D eigenvalue weighted by molar-refractivity contribution is -0.437. The molecule has 6 rings (SSSR count). The fourth-order valence-corrected chi connectivity index (χ4v) is 14.6. The number of hydrogen-bond acceptors (Lipinski definition) is 18. The Bertz CT molecular complexity index is 4090. The number of unbranched alkanes of at least 4 members (excludes halogenated alkanes) is 2. The summed E-state index contributed by atoms with van der Waals surface area (Å²) in [4.78, 5) is 9.93. The predicted octanol–water partition coefficient (Wildman–Crippen LogP) is 6.34. The molecule has 32 heteroatoms. The Balaban J connectivity index is 1.47. The van der Waals surface area contributed by atoms with Gasteiger partial charge in [-0.3, -0.25) is 32.1 Å². The molecule has 2 heterocycles. The highest BCUT2D eigenvalue weighted by Crippen LogP contribution is 2.54. The molecule has 4 aromatic rings. The molecule has 2 aliphatic heterocycles. The summed E-state index contributed by atoms with van der Waals surface area (Å²) in [5.74, 6) is -2.47. The number of aliphatic carboxylic acids is 1. The van der Waals surface area contributed by atoms with Crippen LogP contribution in [0.25, 0.3) is 21.5 Å². The van der Waals surface area contributed by atoms with Crippen LogP contribution in [0.15, 0.2) is 116 Å². The first kappa shape index (κ1) is 69.7. The standard InChI is InChI=1S/C54H68N2O24S6/c1-53(21-12-32-81(59,60)61)48(56(24-13-33-82(62,63)64)44-19-17-40-42(51(44)53)34-38(83(65,66)67)36-46(40)85(71,72)73)14-8-5-4-6-9-15-49-54(2,22-25-78-28-29-80-31-30-79-27-26-77-3)52-43-35-39(84(68,69)70)37-47(86(74,75)76)41(43)18-20-45(52)55(49)23-11-7-10-16-50(57)58/h4-6,8-9,14-15,17-20,34-37H,7,10-13,16,21-33H2,1-3H3,(H6-,57,58,59,60,61,62,63,64,65,66,67,68,69,70,71,72,73,74,75,76)/p+1. The van der Waals surface area contributed by atoms with Gasteiger partial charge in [0.05, 0.1) is 66.4 Å². The van der Waals surface area contributed by atoms with E-state index < -0.39 is 109 Å². The molecule has 7 N–H and O–H groups in total. The molecule has 474 valence electrons. The normalized spacial score (nSPS) is 18.5. The number of allylic oxidation sites excluding steroid dienone is 8. The highest BCUT2D eigenvalue weighted by molar-refractivity contribution is 7.87. The van der Waals surface area contributed by atoms with Gasteiger partial charge in [0.2, 0.25) is 5.69 Å². The number of nitrogens with zero attached hydrogens (tertiary/aromatic N) is 2. The number of anilines is 1. The molecule has 0 aromatic heterocycles. The van der Waals surface area contributed by atoms with Crippen LogP contribution in [0.4, 0.5) is 11.4 Å². The molecule has 0 saturated carbocycles. The van der Waals surface area contributed by atoms with Gasteiger partial charge < -0.3 is 29.0 Å². The average molecular weight is 1320 g/mol. The Hall–Kier alpha value is -5.40. The van der Waals surface area contributed by atoms with Gasteiger partial charge in [-0.15, -0.1) is 0 Å². The molecular weight excluding hydrogens is 1250 g/mol. The number of hydrogen-bond donors (Lipinski definition) is 7. The van der Waals surface area contributed by atoms with Crippen LogP contribution < -0.4 is 4.90 Å². The molecule has 0 spiro atoms. The highest BCUT2D eigenvalue weighted by Gasteiger charge is 2.49. The lowest BCUT2D eigenvalue weighted by Gasteiger charge is -2.31. The van der Waals surface area contributed by atoms with Gasteiger partial charge in [0, 0.05) is 78.4 Å². The van der Waals surface area contributed by atoms with Crippen molar-refractivity contribution in [2.45, 2.75) is 95.6 Å². The number of carboxylic acid groups (broad SMARTS) is 1. The second-order valence-electron chi connectivity index (χ2n) is 20.7. The maximum Gasteiger partial charge on any atom is 0.303 e. The van der Waals surface area contributed by atoms with Crippen molar-refractivity contribution in [1.82, 2.24) is 0 Å². The topological polar surface area (TPSA) is 407 Å². The van der Waals surface area contributed by atoms with Gasteiger partial charge in [0.1, 0.15) is 16.3 Å². The minimum absolute atomic E-state index is 0.0603. The third-order valence-electron chi connectivity index (χ3n) is 14.7. The zero-order chi connectivity index (χ0) is 63.7. The molecule has 0 fully saturated rings. The van der Waals surface area contributed by atoms with E-state index in [9.17, 15) is 87.7 Å². The van der Waals surface area contributed by atoms with Crippen LogP contribution in [0, 0.1) is 0 Å². The molecule has 2 unspecified atom stereocenters. The number of carboxylic acids is 1. The third kappa shape index (κ3) is 17.7. The maximum absolute atomic E-state index is 12.9. The summed E-state index contributed by atoms with van der Waals surface area (Å²) in [6.07, 6.45) is 12.0. The number of benzene rings is 4. The van der Waals surface area contributed by atoms with Crippen molar-refractivity contribution in [3.63, 3.8) is 0 Å². The van der Waals surface area contributed by atoms with Crippen LogP contribution in [0.2, 0.25) is 0 Å². The monoisotopic (exact) mass is 1320 g/mol. The lowest BCUT2D eigenvalue weighted by atomic mass is 9.74. The largest absolute Gasteiger partial charge is 0.481 e. The zero-order valence-corrected chi connectivity index (χ0v) is 51.9. The van der Waals surface area contributed by atoms with E-state index in [4.69, 9.17) is 18.9 Å². The summed E-state index contributed by atoms with van der Waals surface area (Å²) in [5, 5.41) is 9.03. The fraction of sp³-hybridized carbons (Fsp3) is 0.444. The van der Waals surface area contributed by atoms with E-state index in [1.54, 1.807) is 67.2 Å². The van der Waals surface area contributed by atoms with E-state index in [0.717, 1.165) is 12.1 Å². The van der Waals surface area contributed by atoms with E-state index in [-0.39, 0.29) is 104 Å². The number of ether oxygens (including phenoxy) is 4. The molecule has 0 radical (unpaired) electrons. The molecule has 0 saturated heterocycles. The SMILES string of the molecule is COCCOCCOCCOCCC1(C)\C(=C/C=C/C=C/C=C/C2=[N+](CCCS(=O)(=O)O)c3ccc4c(S(=O)(=O)O)cc(S(=O)(=O)O)cc4c3C2(C)CCCS(=O)(=O)O)N(CCCCCC(=O)O)c2ccc3c(S(=O)(=O)O)cc(S(=O)(=O)O)cc3c21. The fourth-order valence-electron chi connectivity index (χ4n) is 10.9. The zero-order valence-electron chi connectivity index (χ0n) is 47.0. The molecule has 0 bridgehead atoms. The van der Waals surface area contributed by atoms with E-state index in [2.05, 4.69) is 0 Å². The smallest absolute Gasteiger partial charge is 0.303 e. The Morgan fingerprint density at radius 3 is 1.59 bits per heavy atom. The number of carbonyl (C=O) groups is 1. The van der Waals surface area contributed by atoms with Gasteiger partial charge in [0.25, 0.3) is 60.7 Å². The van der Waals surface area contributed by atoms with E-state index in [1.807, 2.05) is 11.8 Å². The molecule has 2 aliphatic rings. The summed E-state index contributed by atoms with van der Waals surface area (Å²) in [6, 6.07) is 8.98. The first-order valence-electron chi connectivity index (χ1n) is 26.6. The molecular formula is C54H69N2O24S6+. The lowest BCUT2D eigenvalue weighted by Crippen LogP contribution is -2.32. The first-order chi connectivity index (χ1) is 40.0. The number of fused-ring (bicyclic) bond motifs is 6. The summed E-state index contributed by atoms with van der Waals surface area (Å²) in [7, 11) is -28.1. The van der Waals surface area contributed by atoms with E-state index in [1.165, 1.54) is 18.2 Å². The quantitative estimate of drug-likeness (QED) is 0.0116. The average Bonchev–Trinajstić information content (AvgIpc) is 1.52. The Morgan fingerprint density at radius 1 is 0.547 bits per heavy atom. The predicted molar refractivity (Wildman–Crippen MR) is 316 cm³/mol. The van der Waals surface area contributed by atoms with Crippen molar-refractivity contribution in [1.29, 1.82) is 0 Å². The first-order valence-corrected chi connectivity index (χ1v) is 35.6. The van der Waals surface area contributed by atoms with E-state index in [0.29, 0.717) is 73.9 Å². The van der Waals surface area contributed by atoms with Gasteiger partial charge in [-0.25, -0.2) is 0 Å². The van der Waals surface area contributed by atoms with Gasteiger partial charge in [-0.2, -0.15) is 55.1 Å². The summed E-state index contributed by atoms with van der Waals surface area (Å²) >= 11 is 0. The van der Waals surface area contributed by atoms with E-state index >= 15 is 0 Å². The second kappa shape index (κ2) is 28.4. The molecule has 0 amide bonds. The highest BCUT2D eigenvalue weighted by atomic mass is 32.2. The van der Waals surface area contributed by atoms with Crippen LogP contribution in [0.5, 0.6) is 0 Å². The van der Waals surface area contributed by atoms with Crippen molar-refractivity contribution in [2.24, 2.45) is 0 Å². The van der Waals surface area contributed by atoms with Crippen LogP contribution >= 0.6 is 0 Å². The number of rotatable bonds is 34. The van der Waals surface area contributed by atoms with Gasteiger partial charge in [0.15, 0.2) is 5.71 Å². The summed E-state index contributed by atoms with van der Waals surface area (Å²) in [5.41, 5.74) is -0.402. The minimum atomic E-state index is -5.19. The Labute approximate surface area is 500 Å². The van der Waals surface area contributed by atoms with Crippen molar-refractivity contribution < 1.29 is 111 Å². The van der Waals surface area contributed by atoms with Crippen LogP contribution in [0.1, 0.15) is 76.3 Å². The summed E-state index contributed by atoms with van der Waals surface area (Å²) in [6.45, 7) is 5.30. The van der Waals surface area contributed by atoms with Crippen LogP contribution in [0.3, 0.4) is 0 Å². The van der Waals surface area contributed by atoms with Crippen molar-refractivity contribution in [2.75, 3.05) is 82.9 Å². The Kier molecular flexibility index (Phi) is 23.0. The number of methoxy groups -OCH3 is 1. The summed E-state index contributed by atoms with van der Waals surface area (Å²) < 4.78 is 234. The van der Waals surface area contributed by atoms with Gasteiger partial charge in [-0.1, -0.05) is 42.9 Å². The van der Waals surface area contributed by atoms with Crippen molar-refractivity contribution >= 4 is 105 Å². The second-order valence-corrected chi connectivity index (χ2v) is 29.5. The molecule has 0 aliphatic carbocycles. The molecule has 2 atom stereocenters. The molecule has 4 aromatic carbocycles. The molecule has 86 heavy (non-hydrogen) atoms. The van der Waals surface area contributed by atoms with Crippen LogP contribution in [-0.2, 0) is 95.3 Å².